The normalized spacial score (nSPS) is 11.9. The highest BCUT2D eigenvalue weighted by molar-refractivity contribution is 7.91. The number of aliphatic hydroxyl groups is 1. The van der Waals surface area contributed by atoms with E-state index in [1.54, 1.807) is 0 Å². The van der Waals surface area contributed by atoms with Gasteiger partial charge < -0.3 is 5.11 Å². The first-order valence-corrected chi connectivity index (χ1v) is 6.59. The molecule has 1 N–H and O–H groups in total. The van der Waals surface area contributed by atoms with Gasteiger partial charge in [-0.05, 0) is 6.42 Å². The van der Waals surface area contributed by atoms with Crippen molar-refractivity contribution in [3.63, 3.8) is 0 Å². The molecule has 15 heavy (non-hydrogen) atoms. The maximum atomic E-state index is 11.4. The smallest absolute Gasteiger partial charge is 0.152 e. The molecule has 0 fully saturated rings. The van der Waals surface area contributed by atoms with E-state index in [1.165, 1.54) is 11.0 Å². The SMILES string of the molecule is CCCS(=O)(=O)CCn1ncnc1CO. The molecule has 0 amide bonds. The Balaban J connectivity index is 2.57. The first kappa shape index (κ1) is 12.1. The summed E-state index contributed by atoms with van der Waals surface area (Å²) in [7, 11) is -3.00. The van der Waals surface area contributed by atoms with Crippen molar-refractivity contribution in [1.29, 1.82) is 0 Å². The van der Waals surface area contributed by atoms with Crippen LogP contribution in [0.2, 0.25) is 0 Å². The lowest BCUT2D eigenvalue weighted by molar-refractivity contribution is 0.263. The van der Waals surface area contributed by atoms with Gasteiger partial charge in [0.1, 0.15) is 12.9 Å². The first-order chi connectivity index (χ1) is 7.09. The Bertz CT molecular complexity index is 399. The second-order valence-corrected chi connectivity index (χ2v) is 5.51. The van der Waals surface area contributed by atoms with Crippen molar-refractivity contribution < 1.29 is 13.5 Å². The third-order valence-electron chi connectivity index (χ3n) is 1.97. The van der Waals surface area contributed by atoms with Crippen LogP contribution >= 0.6 is 0 Å². The average Bonchev–Trinajstić information content (AvgIpc) is 2.62. The molecule has 0 aliphatic rings. The summed E-state index contributed by atoms with van der Waals surface area (Å²) in [5, 5.41) is 12.7. The molecule has 7 heteroatoms. The number of sulfone groups is 1. The van der Waals surface area contributed by atoms with Gasteiger partial charge >= 0.3 is 0 Å². The van der Waals surface area contributed by atoms with Crippen molar-refractivity contribution in [3.8, 4) is 0 Å². The van der Waals surface area contributed by atoms with E-state index in [0.717, 1.165) is 0 Å². The Labute approximate surface area is 88.9 Å². The highest BCUT2D eigenvalue weighted by Gasteiger charge is 2.11. The Hall–Kier alpha value is -0.950. The summed E-state index contributed by atoms with van der Waals surface area (Å²) >= 11 is 0. The summed E-state index contributed by atoms with van der Waals surface area (Å²) in [6.45, 7) is 1.85. The maximum Gasteiger partial charge on any atom is 0.152 e. The van der Waals surface area contributed by atoms with E-state index in [-0.39, 0.29) is 24.7 Å². The maximum absolute atomic E-state index is 11.4. The lowest BCUT2D eigenvalue weighted by Gasteiger charge is -2.04. The summed E-state index contributed by atoms with van der Waals surface area (Å²) in [6.07, 6.45) is 1.92. The highest BCUT2D eigenvalue weighted by Crippen LogP contribution is 1.98. The Morgan fingerprint density at radius 1 is 1.47 bits per heavy atom. The number of aliphatic hydroxyl groups excluding tert-OH is 1. The number of aromatic nitrogens is 3. The van der Waals surface area contributed by atoms with Gasteiger partial charge in [0.2, 0.25) is 0 Å². The summed E-state index contributed by atoms with van der Waals surface area (Å²) in [4.78, 5) is 3.79. The molecule has 0 bridgehead atoms. The first-order valence-electron chi connectivity index (χ1n) is 4.77. The van der Waals surface area contributed by atoms with Crippen LogP contribution < -0.4 is 0 Å². The number of rotatable bonds is 6. The van der Waals surface area contributed by atoms with E-state index in [9.17, 15) is 8.42 Å². The molecule has 0 aliphatic heterocycles. The molecular formula is C8H15N3O3S. The minimum atomic E-state index is -3.00. The second-order valence-electron chi connectivity index (χ2n) is 3.21. The Kier molecular flexibility index (Phi) is 4.22. The van der Waals surface area contributed by atoms with Crippen LogP contribution in [0.25, 0.3) is 0 Å². The van der Waals surface area contributed by atoms with Gasteiger partial charge in [-0.3, -0.25) is 0 Å². The van der Waals surface area contributed by atoms with E-state index in [2.05, 4.69) is 10.1 Å². The fourth-order valence-electron chi connectivity index (χ4n) is 1.24. The molecule has 0 saturated heterocycles. The van der Waals surface area contributed by atoms with E-state index in [1.807, 2.05) is 6.92 Å². The van der Waals surface area contributed by atoms with Crippen LogP contribution in [0.1, 0.15) is 19.2 Å². The number of nitrogens with zero attached hydrogens (tertiary/aromatic N) is 3. The molecule has 1 aromatic rings. The van der Waals surface area contributed by atoms with Crippen molar-refractivity contribution in [2.45, 2.75) is 26.5 Å². The van der Waals surface area contributed by atoms with Gasteiger partial charge in [0, 0.05) is 5.75 Å². The van der Waals surface area contributed by atoms with E-state index in [4.69, 9.17) is 5.11 Å². The molecule has 86 valence electrons. The summed E-state index contributed by atoms with van der Waals surface area (Å²) in [5.41, 5.74) is 0. The monoisotopic (exact) mass is 233 g/mol. The van der Waals surface area contributed by atoms with Gasteiger partial charge in [0.15, 0.2) is 15.7 Å². The molecule has 6 nitrogen and oxygen atoms in total. The van der Waals surface area contributed by atoms with Crippen LogP contribution in [0.3, 0.4) is 0 Å². The number of hydrogen-bond acceptors (Lipinski definition) is 5. The molecule has 0 radical (unpaired) electrons. The predicted molar refractivity (Wildman–Crippen MR) is 54.9 cm³/mol. The molecule has 0 spiro atoms. The van der Waals surface area contributed by atoms with Crippen LogP contribution in [0.15, 0.2) is 6.33 Å². The molecule has 0 aliphatic carbocycles. The zero-order chi connectivity index (χ0) is 11.3. The lowest BCUT2D eigenvalue weighted by Crippen LogP contribution is -2.18. The summed E-state index contributed by atoms with van der Waals surface area (Å²) < 4.78 is 24.2. The van der Waals surface area contributed by atoms with E-state index < -0.39 is 9.84 Å². The number of hydrogen-bond donors (Lipinski definition) is 1. The Morgan fingerprint density at radius 3 is 2.80 bits per heavy atom. The zero-order valence-corrected chi connectivity index (χ0v) is 9.44. The minimum Gasteiger partial charge on any atom is -0.388 e. The quantitative estimate of drug-likeness (QED) is 0.722. The molecule has 0 atom stereocenters. The van der Waals surface area contributed by atoms with Gasteiger partial charge in [-0.25, -0.2) is 18.1 Å². The van der Waals surface area contributed by atoms with Crippen LogP contribution in [-0.4, -0.2) is 39.8 Å². The second kappa shape index (κ2) is 5.22. The lowest BCUT2D eigenvalue weighted by atomic mass is 10.6. The van der Waals surface area contributed by atoms with Gasteiger partial charge in [0.05, 0.1) is 12.3 Å². The van der Waals surface area contributed by atoms with E-state index >= 15 is 0 Å². The third kappa shape index (κ3) is 3.60. The van der Waals surface area contributed by atoms with Crippen molar-refractivity contribution >= 4 is 9.84 Å². The Morgan fingerprint density at radius 2 is 2.20 bits per heavy atom. The van der Waals surface area contributed by atoms with Crippen molar-refractivity contribution in [2.24, 2.45) is 0 Å². The van der Waals surface area contributed by atoms with Crippen LogP contribution in [-0.2, 0) is 23.0 Å². The van der Waals surface area contributed by atoms with E-state index in [0.29, 0.717) is 12.2 Å². The van der Waals surface area contributed by atoms with Gasteiger partial charge in [0.25, 0.3) is 0 Å². The summed E-state index contributed by atoms with van der Waals surface area (Å²) in [6, 6.07) is 0. The van der Waals surface area contributed by atoms with Gasteiger partial charge in [-0.15, -0.1) is 0 Å². The molecular weight excluding hydrogens is 218 g/mol. The average molecular weight is 233 g/mol. The molecule has 1 aromatic heterocycles. The molecule has 0 unspecified atom stereocenters. The largest absolute Gasteiger partial charge is 0.388 e. The molecule has 0 aromatic carbocycles. The zero-order valence-electron chi connectivity index (χ0n) is 8.63. The van der Waals surface area contributed by atoms with Crippen molar-refractivity contribution in [1.82, 2.24) is 14.8 Å². The number of aryl methyl sites for hydroxylation is 1. The molecule has 1 heterocycles. The topological polar surface area (TPSA) is 85.1 Å². The standard InChI is InChI=1S/C8H15N3O3S/c1-2-4-15(13,14)5-3-11-8(6-12)9-7-10-11/h7,12H,2-6H2,1H3. The molecule has 0 saturated carbocycles. The molecule has 1 rings (SSSR count). The minimum absolute atomic E-state index is 0.0389. The summed E-state index contributed by atoms with van der Waals surface area (Å²) in [5.74, 6) is 0.620. The van der Waals surface area contributed by atoms with Crippen molar-refractivity contribution in [2.75, 3.05) is 11.5 Å². The third-order valence-corrected chi connectivity index (χ3v) is 3.80. The fraction of sp³-hybridized carbons (Fsp3) is 0.750. The predicted octanol–water partition coefficient (Wildman–Crippen LogP) is -0.405. The fourth-order valence-corrected chi connectivity index (χ4v) is 2.51. The van der Waals surface area contributed by atoms with Crippen molar-refractivity contribution in [3.05, 3.63) is 12.2 Å². The highest BCUT2D eigenvalue weighted by atomic mass is 32.2. The van der Waals surface area contributed by atoms with Crippen LogP contribution in [0.4, 0.5) is 0 Å². The van der Waals surface area contributed by atoms with Crippen LogP contribution in [0.5, 0.6) is 0 Å². The van der Waals surface area contributed by atoms with Gasteiger partial charge in [-0.1, -0.05) is 6.92 Å². The van der Waals surface area contributed by atoms with Crippen LogP contribution in [0, 0.1) is 0 Å². The van der Waals surface area contributed by atoms with Gasteiger partial charge in [-0.2, -0.15) is 5.10 Å².